The van der Waals surface area contributed by atoms with E-state index in [9.17, 15) is 18.0 Å². The molecule has 2 rings (SSSR count). The van der Waals surface area contributed by atoms with Crippen LogP contribution in [-0.2, 0) is 20.2 Å². The van der Waals surface area contributed by atoms with E-state index in [1.54, 1.807) is 48.5 Å². The molecule has 2 aromatic carbocycles. The molecule has 0 saturated heterocycles. The van der Waals surface area contributed by atoms with Gasteiger partial charge in [-0.2, -0.15) is 0 Å². The summed E-state index contributed by atoms with van der Waals surface area (Å²) in [7, 11) is -3.69. The molecular formula is C22H28ClN3O4S. The standard InChI is InChI=1S/C22H28ClN3O4S/c1-22(2,3)16-8-10-17(11-9-16)31(29,30)26-13-12-20(27)24-14-15-25-21(28)18-6-4-5-7-19(18)23/h4-11,26H,12-15H2,1-3H3,(H,24,27)(H,25,28). The number of hydrogen-bond acceptors (Lipinski definition) is 4. The normalized spacial score (nSPS) is 11.7. The van der Waals surface area contributed by atoms with Gasteiger partial charge in [0, 0.05) is 26.1 Å². The van der Waals surface area contributed by atoms with Crippen LogP contribution in [0.5, 0.6) is 0 Å². The first-order valence-electron chi connectivity index (χ1n) is 9.90. The fourth-order valence-corrected chi connectivity index (χ4v) is 3.98. The van der Waals surface area contributed by atoms with Gasteiger partial charge in [0.25, 0.3) is 5.91 Å². The molecular weight excluding hydrogens is 438 g/mol. The molecule has 0 unspecified atom stereocenters. The van der Waals surface area contributed by atoms with Gasteiger partial charge in [0.1, 0.15) is 0 Å². The molecule has 0 aromatic heterocycles. The highest BCUT2D eigenvalue weighted by atomic mass is 35.5. The van der Waals surface area contributed by atoms with Crippen LogP contribution in [0.2, 0.25) is 5.02 Å². The van der Waals surface area contributed by atoms with Gasteiger partial charge in [0.15, 0.2) is 0 Å². The van der Waals surface area contributed by atoms with E-state index in [1.807, 2.05) is 0 Å². The van der Waals surface area contributed by atoms with Crippen LogP contribution in [-0.4, -0.2) is 39.9 Å². The van der Waals surface area contributed by atoms with Gasteiger partial charge in [0.05, 0.1) is 15.5 Å². The number of carbonyl (C=O) groups excluding carboxylic acids is 2. The molecule has 0 aliphatic carbocycles. The van der Waals surface area contributed by atoms with Gasteiger partial charge < -0.3 is 10.6 Å². The lowest BCUT2D eigenvalue weighted by atomic mass is 9.87. The van der Waals surface area contributed by atoms with Crippen LogP contribution in [0.15, 0.2) is 53.4 Å². The summed E-state index contributed by atoms with van der Waals surface area (Å²) in [5.74, 6) is -0.650. The van der Waals surface area contributed by atoms with Gasteiger partial charge in [0.2, 0.25) is 15.9 Å². The Balaban J connectivity index is 1.71. The maximum Gasteiger partial charge on any atom is 0.252 e. The van der Waals surface area contributed by atoms with Gasteiger partial charge in [-0.15, -0.1) is 0 Å². The lowest BCUT2D eigenvalue weighted by Crippen LogP contribution is -2.36. The lowest BCUT2D eigenvalue weighted by molar-refractivity contribution is -0.120. The van der Waals surface area contributed by atoms with Crippen molar-refractivity contribution < 1.29 is 18.0 Å². The van der Waals surface area contributed by atoms with Crippen LogP contribution in [0.1, 0.15) is 43.1 Å². The number of rotatable bonds is 9. The van der Waals surface area contributed by atoms with Crippen LogP contribution in [0.3, 0.4) is 0 Å². The minimum Gasteiger partial charge on any atom is -0.354 e. The van der Waals surface area contributed by atoms with E-state index in [1.165, 1.54) is 0 Å². The minimum atomic E-state index is -3.69. The summed E-state index contributed by atoms with van der Waals surface area (Å²) in [5, 5.41) is 5.65. The Morgan fingerprint density at radius 2 is 1.52 bits per heavy atom. The third-order valence-electron chi connectivity index (χ3n) is 4.53. The lowest BCUT2D eigenvalue weighted by Gasteiger charge is -2.19. The molecule has 0 radical (unpaired) electrons. The molecule has 0 aliphatic rings. The number of nitrogens with one attached hydrogen (secondary N) is 3. The monoisotopic (exact) mass is 465 g/mol. The highest BCUT2D eigenvalue weighted by Gasteiger charge is 2.17. The fraction of sp³-hybridized carbons (Fsp3) is 0.364. The molecule has 9 heteroatoms. The van der Waals surface area contributed by atoms with Crippen molar-refractivity contribution in [1.29, 1.82) is 0 Å². The highest BCUT2D eigenvalue weighted by molar-refractivity contribution is 7.89. The molecule has 2 amide bonds. The second kappa shape index (κ2) is 10.7. The molecule has 0 aliphatic heterocycles. The van der Waals surface area contributed by atoms with Crippen molar-refractivity contribution in [3.63, 3.8) is 0 Å². The Labute approximate surface area is 188 Å². The summed E-state index contributed by atoms with van der Waals surface area (Å²) in [5.41, 5.74) is 1.33. The summed E-state index contributed by atoms with van der Waals surface area (Å²) in [6, 6.07) is 13.4. The summed E-state index contributed by atoms with van der Waals surface area (Å²) < 4.78 is 27.2. The first kappa shape index (κ1) is 24.8. The van der Waals surface area contributed by atoms with Crippen LogP contribution in [0.4, 0.5) is 0 Å². The van der Waals surface area contributed by atoms with Crippen molar-refractivity contribution in [2.45, 2.75) is 37.5 Å². The van der Waals surface area contributed by atoms with E-state index in [2.05, 4.69) is 36.1 Å². The summed E-state index contributed by atoms with van der Waals surface area (Å²) >= 11 is 5.96. The van der Waals surface area contributed by atoms with Gasteiger partial charge in [-0.3, -0.25) is 9.59 Å². The number of halogens is 1. The first-order chi connectivity index (χ1) is 14.5. The SMILES string of the molecule is CC(C)(C)c1ccc(S(=O)(=O)NCCC(=O)NCCNC(=O)c2ccccc2Cl)cc1. The predicted molar refractivity (Wildman–Crippen MR) is 122 cm³/mol. The number of amides is 2. The molecule has 7 nitrogen and oxygen atoms in total. The van der Waals surface area contributed by atoms with Gasteiger partial charge in [-0.25, -0.2) is 13.1 Å². The topological polar surface area (TPSA) is 104 Å². The van der Waals surface area contributed by atoms with Crippen LogP contribution >= 0.6 is 11.6 Å². The van der Waals surface area contributed by atoms with Crippen molar-refractivity contribution in [2.75, 3.05) is 19.6 Å². The van der Waals surface area contributed by atoms with E-state index >= 15 is 0 Å². The van der Waals surface area contributed by atoms with E-state index in [-0.39, 0.29) is 48.2 Å². The maximum atomic E-state index is 12.4. The Kier molecular flexibility index (Phi) is 8.61. The van der Waals surface area contributed by atoms with E-state index in [0.29, 0.717) is 10.6 Å². The fourth-order valence-electron chi connectivity index (χ4n) is 2.72. The van der Waals surface area contributed by atoms with E-state index < -0.39 is 10.0 Å². The second-order valence-corrected chi connectivity index (χ2v) is 10.2. The Bertz CT molecular complexity index is 1020. The third kappa shape index (κ3) is 7.65. The zero-order valence-corrected chi connectivity index (χ0v) is 19.4. The molecule has 0 fully saturated rings. The number of benzene rings is 2. The van der Waals surface area contributed by atoms with Crippen LogP contribution < -0.4 is 15.4 Å². The zero-order valence-electron chi connectivity index (χ0n) is 17.9. The average molecular weight is 466 g/mol. The predicted octanol–water partition coefficient (Wildman–Crippen LogP) is 2.85. The Hall–Kier alpha value is -2.42. The van der Waals surface area contributed by atoms with Gasteiger partial charge >= 0.3 is 0 Å². The van der Waals surface area contributed by atoms with Crippen molar-refractivity contribution in [3.05, 3.63) is 64.7 Å². The molecule has 3 N–H and O–H groups in total. The Morgan fingerprint density at radius 3 is 2.13 bits per heavy atom. The van der Waals surface area contributed by atoms with E-state index in [4.69, 9.17) is 11.6 Å². The van der Waals surface area contributed by atoms with Gasteiger partial charge in [-0.05, 0) is 35.2 Å². The molecule has 0 heterocycles. The van der Waals surface area contributed by atoms with Crippen molar-refractivity contribution in [2.24, 2.45) is 0 Å². The van der Waals surface area contributed by atoms with E-state index in [0.717, 1.165) is 5.56 Å². The molecule has 0 saturated carbocycles. The molecule has 0 bridgehead atoms. The third-order valence-corrected chi connectivity index (χ3v) is 6.33. The average Bonchev–Trinajstić information content (AvgIpc) is 2.70. The number of sulfonamides is 1. The number of carbonyl (C=O) groups is 2. The Morgan fingerprint density at radius 1 is 0.903 bits per heavy atom. The quantitative estimate of drug-likeness (QED) is 0.495. The second-order valence-electron chi connectivity index (χ2n) is 8.01. The molecule has 168 valence electrons. The molecule has 31 heavy (non-hydrogen) atoms. The van der Waals surface area contributed by atoms with Crippen molar-refractivity contribution in [3.8, 4) is 0 Å². The number of hydrogen-bond donors (Lipinski definition) is 3. The smallest absolute Gasteiger partial charge is 0.252 e. The van der Waals surface area contributed by atoms with Crippen molar-refractivity contribution in [1.82, 2.24) is 15.4 Å². The van der Waals surface area contributed by atoms with Crippen LogP contribution in [0, 0.1) is 0 Å². The first-order valence-corrected chi connectivity index (χ1v) is 11.8. The summed E-state index contributed by atoms with van der Waals surface area (Å²) in [4.78, 5) is 24.1. The maximum absolute atomic E-state index is 12.4. The molecule has 0 spiro atoms. The summed E-state index contributed by atoms with van der Waals surface area (Å²) in [6.07, 6.45) is -0.0161. The van der Waals surface area contributed by atoms with Crippen LogP contribution in [0.25, 0.3) is 0 Å². The van der Waals surface area contributed by atoms with Crippen molar-refractivity contribution >= 4 is 33.4 Å². The molecule has 0 atom stereocenters. The summed E-state index contributed by atoms with van der Waals surface area (Å²) in [6.45, 7) is 6.57. The minimum absolute atomic E-state index is 0.0161. The largest absolute Gasteiger partial charge is 0.354 e. The molecule has 2 aromatic rings. The van der Waals surface area contributed by atoms with Gasteiger partial charge in [-0.1, -0.05) is 56.6 Å². The zero-order chi connectivity index (χ0) is 23.1. The highest BCUT2D eigenvalue weighted by Crippen LogP contribution is 2.23.